The van der Waals surface area contributed by atoms with Crippen molar-refractivity contribution in [2.45, 2.75) is 19.4 Å². The molecule has 96 valence electrons. The van der Waals surface area contributed by atoms with Crippen LogP contribution >= 0.6 is 22.9 Å². The van der Waals surface area contributed by atoms with Crippen LogP contribution in [0.2, 0.25) is 4.34 Å². The Morgan fingerprint density at radius 2 is 2.11 bits per heavy atom. The van der Waals surface area contributed by atoms with Crippen molar-refractivity contribution >= 4 is 22.9 Å². The van der Waals surface area contributed by atoms with Gasteiger partial charge >= 0.3 is 0 Å². The first-order chi connectivity index (χ1) is 8.60. The zero-order chi connectivity index (χ0) is 13.1. The normalized spacial score (nSPS) is 12.4. The van der Waals surface area contributed by atoms with Crippen LogP contribution in [-0.2, 0) is 6.42 Å². The van der Waals surface area contributed by atoms with Crippen LogP contribution in [0, 0.1) is 6.92 Å². The van der Waals surface area contributed by atoms with E-state index in [-0.39, 0.29) is 6.04 Å². The number of hydrogen-bond acceptors (Lipinski definition) is 3. The molecule has 4 heteroatoms. The minimum atomic E-state index is -0.00989. The van der Waals surface area contributed by atoms with Crippen molar-refractivity contribution in [2.75, 3.05) is 7.11 Å². The number of nitrogens with two attached hydrogens (primary N) is 1. The predicted molar refractivity (Wildman–Crippen MR) is 77.7 cm³/mol. The second-order valence-electron chi connectivity index (χ2n) is 4.25. The largest absolute Gasteiger partial charge is 0.496 e. The summed E-state index contributed by atoms with van der Waals surface area (Å²) in [5, 5.41) is 0. The quantitative estimate of drug-likeness (QED) is 0.921. The van der Waals surface area contributed by atoms with E-state index in [0.29, 0.717) is 0 Å². The number of halogens is 1. The van der Waals surface area contributed by atoms with Gasteiger partial charge in [-0.15, -0.1) is 11.3 Å². The summed E-state index contributed by atoms with van der Waals surface area (Å²) in [6.45, 7) is 2.02. The van der Waals surface area contributed by atoms with Gasteiger partial charge in [-0.1, -0.05) is 23.7 Å². The monoisotopic (exact) mass is 281 g/mol. The Balaban J connectivity index is 2.13. The number of thiophene rings is 1. The summed E-state index contributed by atoms with van der Waals surface area (Å²) in [6, 6.07) is 10.00. The van der Waals surface area contributed by atoms with Gasteiger partial charge in [0.15, 0.2) is 0 Å². The maximum atomic E-state index is 6.22. The Labute approximate surface area is 116 Å². The van der Waals surface area contributed by atoms with Gasteiger partial charge in [0.05, 0.1) is 11.4 Å². The topological polar surface area (TPSA) is 35.2 Å². The van der Waals surface area contributed by atoms with Crippen molar-refractivity contribution in [3.05, 3.63) is 50.7 Å². The van der Waals surface area contributed by atoms with Gasteiger partial charge in [0.25, 0.3) is 0 Å². The summed E-state index contributed by atoms with van der Waals surface area (Å²) in [6.07, 6.45) is 0.809. The van der Waals surface area contributed by atoms with Gasteiger partial charge in [-0.3, -0.25) is 0 Å². The fourth-order valence-electron chi connectivity index (χ4n) is 1.93. The van der Waals surface area contributed by atoms with E-state index >= 15 is 0 Å². The van der Waals surface area contributed by atoms with E-state index in [1.54, 1.807) is 18.4 Å². The molecule has 0 spiro atoms. The van der Waals surface area contributed by atoms with E-state index in [9.17, 15) is 0 Å². The van der Waals surface area contributed by atoms with E-state index in [1.165, 1.54) is 4.88 Å². The van der Waals surface area contributed by atoms with Crippen LogP contribution in [0.4, 0.5) is 0 Å². The number of benzene rings is 1. The van der Waals surface area contributed by atoms with Gasteiger partial charge in [0.2, 0.25) is 0 Å². The molecule has 0 aliphatic carbocycles. The summed E-state index contributed by atoms with van der Waals surface area (Å²) in [4.78, 5) is 1.21. The van der Waals surface area contributed by atoms with Gasteiger partial charge in [0, 0.05) is 17.3 Å². The van der Waals surface area contributed by atoms with Crippen molar-refractivity contribution in [2.24, 2.45) is 5.73 Å². The highest BCUT2D eigenvalue weighted by atomic mass is 35.5. The molecule has 0 aliphatic heterocycles. The maximum absolute atomic E-state index is 6.22. The Morgan fingerprint density at radius 3 is 2.67 bits per heavy atom. The first-order valence-electron chi connectivity index (χ1n) is 5.74. The Kier molecular flexibility index (Phi) is 4.27. The van der Waals surface area contributed by atoms with Crippen molar-refractivity contribution in [3.8, 4) is 5.75 Å². The molecular weight excluding hydrogens is 266 g/mol. The first-order valence-corrected chi connectivity index (χ1v) is 6.94. The highest BCUT2D eigenvalue weighted by molar-refractivity contribution is 7.16. The standard InChI is InChI=1S/C14H16ClNOS/c1-9-7-10(3-5-13(9)17-2)12(16)8-11-4-6-14(15)18-11/h3-7,12H,8,16H2,1-2H3. The lowest BCUT2D eigenvalue weighted by molar-refractivity contribution is 0.411. The van der Waals surface area contributed by atoms with Gasteiger partial charge in [-0.2, -0.15) is 0 Å². The molecule has 2 rings (SSSR count). The smallest absolute Gasteiger partial charge is 0.121 e. The second-order valence-corrected chi connectivity index (χ2v) is 6.05. The fourth-order valence-corrected chi connectivity index (χ4v) is 3.07. The van der Waals surface area contributed by atoms with Gasteiger partial charge in [0.1, 0.15) is 5.75 Å². The number of aryl methyl sites for hydroxylation is 1. The van der Waals surface area contributed by atoms with Crippen molar-refractivity contribution < 1.29 is 4.74 Å². The van der Waals surface area contributed by atoms with Crippen LogP contribution in [0.15, 0.2) is 30.3 Å². The lowest BCUT2D eigenvalue weighted by Gasteiger charge is -2.13. The molecular formula is C14H16ClNOS. The third-order valence-electron chi connectivity index (χ3n) is 2.90. The van der Waals surface area contributed by atoms with Crippen molar-refractivity contribution in [1.29, 1.82) is 0 Å². The molecule has 1 aromatic heterocycles. The summed E-state index contributed by atoms with van der Waals surface area (Å²) in [5.41, 5.74) is 8.45. The van der Waals surface area contributed by atoms with Gasteiger partial charge in [-0.05, 0) is 36.2 Å². The average Bonchev–Trinajstić information content (AvgIpc) is 2.74. The molecule has 1 heterocycles. The second kappa shape index (κ2) is 5.74. The molecule has 0 aliphatic rings. The van der Waals surface area contributed by atoms with Gasteiger partial charge < -0.3 is 10.5 Å². The van der Waals surface area contributed by atoms with Crippen LogP contribution in [0.3, 0.4) is 0 Å². The van der Waals surface area contributed by atoms with E-state index in [0.717, 1.165) is 27.6 Å². The average molecular weight is 282 g/mol. The molecule has 0 fully saturated rings. The fraction of sp³-hybridized carbons (Fsp3) is 0.286. The first kappa shape index (κ1) is 13.4. The molecule has 0 radical (unpaired) electrons. The van der Waals surface area contributed by atoms with Crippen LogP contribution in [0.1, 0.15) is 22.0 Å². The van der Waals surface area contributed by atoms with Crippen LogP contribution in [-0.4, -0.2) is 7.11 Å². The highest BCUT2D eigenvalue weighted by Gasteiger charge is 2.10. The number of hydrogen-bond donors (Lipinski definition) is 1. The summed E-state index contributed by atoms with van der Waals surface area (Å²) < 4.78 is 6.05. The lowest BCUT2D eigenvalue weighted by atomic mass is 10.0. The molecule has 0 saturated heterocycles. The van der Waals surface area contributed by atoms with E-state index < -0.39 is 0 Å². The molecule has 1 atom stereocenters. The van der Waals surface area contributed by atoms with Crippen molar-refractivity contribution in [3.63, 3.8) is 0 Å². The van der Waals surface area contributed by atoms with Crippen LogP contribution < -0.4 is 10.5 Å². The minimum Gasteiger partial charge on any atom is -0.496 e. The molecule has 2 aromatic rings. The predicted octanol–water partition coefficient (Wildman–Crippen LogP) is 3.96. The number of methoxy groups -OCH3 is 1. The van der Waals surface area contributed by atoms with Crippen LogP contribution in [0.5, 0.6) is 5.75 Å². The number of ether oxygens (including phenoxy) is 1. The lowest BCUT2D eigenvalue weighted by Crippen LogP contribution is -2.12. The summed E-state index contributed by atoms with van der Waals surface area (Å²) >= 11 is 7.50. The molecule has 0 saturated carbocycles. The van der Waals surface area contributed by atoms with E-state index in [4.69, 9.17) is 22.1 Å². The molecule has 1 unspecified atom stereocenters. The molecule has 0 bridgehead atoms. The zero-order valence-electron chi connectivity index (χ0n) is 10.4. The Bertz CT molecular complexity index is 538. The molecule has 2 nitrogen and oxygen atoms in total. The maximum Gasteiger partial charge on any atom is 0.121 e. The summed E-state index contributed by atoms with van der Waals surface area (Å²) in [7, 11) is 1.68. The summed E-state index contributed by atoms with van der Waals surface area (Å²) in [5.74, 6) is 0.894. The Morgan fingerprint density at radius 1 is 1.33 bits per heavy atom. The molecule has 2 N–H and O–H groups in total. The SMILES string of the molecule is COc1ccc(C(N)Cc2ccc(Cl)s2)cc1C. The highest BCUT2D eigenvalue weighted by Crippen LogP contribution is 2.27. The molecule has 18 heavy (non-hydrogen) atoms. The zero-order valence-corrected chi connectivity index (χ0v) is 12.0. The minimum absolute atomic E-state index is 0.00989. The van der Waals surface area contributed by atoms with Crippen molar-refractivity contribution in [1.82, 2.24) is 0 Å². The third kappa shape index (κ3) is 3.05. The number of rotatable bonds is 4. The third-order valence-corrected chi connectivity index (χ3v) is 4.15. The molecule has 1 aromatic carbocycles. The van der Waals surface area contributed by atoms with E-state index in [2.05, 4.69) is 6.07 Å². The Hall–Kier alpha value is -1.03. The molecule has 0 amide bonds. The van der Waals surface area contributed by atoms with E-state index in [1.807, 2.05) is 31.2 Å². The van der Waals surface area contributed by atoms with Crippen LogP contribution in [0.25, 0.3) is 0 Å². The van der Waals surface area contributed by atoms with Gasteiger partial charge in [-0.25, -0.2) is 0 Å².